The normalized spacial score (nSPS) is 17.1. The number of hydrogen-bond donors (Lipinski definition) is 1. The number of ether oxygens (including phenoxy) is 1. The fourth-order valence-corrected chi connectivity index (χ4v) is 3.63. The SMILES string of the molecule is CCOCCCNC(=O)C1CCCN(C(=O)c2cccc3ccccc23)C1. The van der Waals surface area contributed by atoms with Crippen molar-refractivity contribution < 1.29 is 14.3 Å². The van der Waals surface area contributed by atoms with Gasteiger partial charge in [0.25, 0.3) is 5.91 Å². The van der Waals surface area contributed by atoms with E-state index in [1.165, 1.54) is 0 Å². The van der Waals surface area contributed by atoms with Gasteiger partial charge in [-0.05, 0) is 43.0 Å². The average molecular weight is 368 g/mol. The zero-order valence-electron chi connectivity index (χ0n) is 15.9. The van der Waals surface area contributed by atoms with Crippen LogP contribution in [0.4, 0.5) is 0 Å². The zero-order chi connectivity index (χ0) is 19.1. The van der Waals surface area contributed by atoms with Gasteiger partial charge in [-0.2, -0.15) is 0 Å². The first-order chi connectivity index (χ1) is 13.2. The lowest BCUT2D eigenvalue weighted by Crippen LogP contribution is -2.45. The zero-order valence-corrected chi connectivity index (χ0v) is 15.9. The van der Waals surface area contributed by atoms with Gasteiger partial charge in [0.05, 0.1) is 5.92 Å². The van der Waals surface area contributed by atoms with E-state index in [4.69, 9.17) is 4.74 Å². The molecule has 1 atom stereocenters. The summed E-state index contributed by atoms with van der Waals surface area (Å²) in [7, 11) is 0. The van der Waals surface area contributed by atoms with Gasteiger partial charge in [-0.25, -0.2) is 0 Å². The molecule has 0 saturated carbocycles. The van der Waals surface area contributed by atoms with Crippen LogP contribution in [0.15, 0.2) is 42.5 Å². The van der Waals surface area contributed by atoms with Crippen LogP contribution in [0.25, 0.3) is 10.8 Å². The van der Waals surface area contributed by atoms with Crippen molar-refractivity contribution in [3.05, 3.63) is 48.0 Å². The highest BCUT2D eigenvalue weighted by Crippen LogP contribution is 2.23. The largest absolute Gasteiger partial charge is 0.382 e. The molecule has 3 rings (SSSR count). The Balaban J connectivity index is 1.62. The third kappa shape index (κ3) is 4.86. The number of rotatable bonds is 7. The second-order valence-electron chi connectivity index (χ2n) is 6.96. The van der Waals surface area contributed by atoms with Crippen molar-refractivity contribution in [2.75, 3.05) is 32.8 Å². The molecule has 1 saturated heterocycles. The van der Waals surface area contributed by atoms with E-state index in [0.717, 1.165) is 30.0 Å². The Bertz CT molecular complexity index is 785. The predicted molar refractivity (Wildman–Crippen MR) is 107 cm³/mol. The van der Waals surface area contributed by atoms with E-state index in [9.17, 15) is 9.59 Å². The highest BCUT2D eigenvalue weighted by molar-refractivity contribution is 6.07. The van der Waals surface area contributed by atoms with E-state index in [-0.39, 0.29) is 17.7 Å². The van der Waals surface area contributed by atoms with Crippen molar-refractivity contribution in [3.63, 3.8) is 0 Å². The van der Waals surface area contributed by atoms with Crippen molar-refractivity contribution in [2.24, 2.45) is 5.92 Å². The maximum atomic E-state index is 13.1. The van der Waals surface area contributed by atoms with E-state index in [2.05, 4.69) is 5.32 Å². The summed E-state index contributed by atoms with van der Waals surface area (Å²) in [5, 5.41) is 5.01. The number of nitrogens with zero attached hydrogens (tertiary/aromatic N) is 1. The van der Waals surface area contributed by atoms with E-state index in [1.54, 1.807) is 0 Å². The number of hydrogen-bond acceptors (Lipinski definition) is 3. The number of likely N-dealkylation sites (tertiary alicyclic amines) is 1. The van der Waals surface area contributed by atoms with Crippen LogP contribution in [0.2, 0.25) is 0 Å². The average Bonchev–Trinajstić information content (AvgIpc) is 2.72. The molecule has 2 amide bonds. The number of fused-ring (bicyclic) bond motifs is 1. The summed E-state index contributed by atoms with van der Waals surface area (Å²) in [4.78, 5) is 27.4. The van der Waals surface area contributed by atoms with E-state index >= 15 is 0 Å². The van der Waals surface area contributed by atoms with Crippen LogP contribution >= 0.6 is 0 Å². The number of carbonyl (C=O) groups excluding carboxylic acids is 2. The van der Waals surface area contributed by atoms with E-state index in [0.29, 0.717) is 38.4 Å². The summed E-state index contributed by atoms with van der Waals surface area (Å²) >= 11 is 0. The number of piperidine rings is 1. The minimum Gasteiger partial charge on any atom is -0.382 e. The topological polar surface area (TPSA) is 58.6 Å². The predicted octanol–water partition coefficient (Wildman–Crippen LogP) is 3.23. The summed E-state index contributed by atoms with van der Waals surface area (Å²) in [6, 6.07) is 13.7. The Morgan fingerprint density at radius 2 is 2.00 bits per heavy atom. The van der Waals surface area contributed by atoms with Crippen molar-refractivity contribution in [1.29, 1.82) is 0 Å². The van der Waals surface area contributed by atoms with Gasteiger partial charge < -0.3 is 15.0 Å². The summed E-state index contributed by atoms with van der Waals surface area (Å²) in [5.41, 5.74) is 0.714. The van der Waals surface area contributed by atoms with Crippen molar-refractivity contribution >= 4 is 22.6 Å². The highest BCUT2D eigenvalue weighted by Gasteiger charge is 2.29. The first-order valence-corrected chi connectivity index (χ1v) is 9.83. The molecule has 5 heteroatoms. The quantitative estimate of drug-likeness (QED) is 0.764. The molecule has 1 aliphatic heterocycles. The fraction of sp³-hybridized carbons (Fsp3) is 0.455. The molecule has 1 N–H and O–H groups in total. The molecule has 0 aromatic heterocycles. The lowest BCUT2D eigenvalue weighted by Gasteiger charge is -2.32. The molecular weight excluding hydrogens is 340 g/mol. The van der Waals surface area contributed by atoms with Gasteiger partial charge in [0.2, 0.25) is 5.91 Å². The van der Waals surface area contributed by atoms with Crippen molar-refractivity contribution in [2.45, 2.75) is 26.2 Å². The van der Waals surface area contributed by atoms with Crippen LogP contribution in [-0.4, -0.2) is 49.6 Å². The molecule has 2 aromatic carbocycles. The first-order valence-electron chi connectivity index (χ1n) is 9.83. The standard InChI is InChI=1S/C22H28N2O3/c1-2-27-15-7-13-23-21(25)18-10-6-14-24(16-18)22(26)20-12-5-9-17-8-3-4-11-19(17)20/h3-5,8-9,11-12,18H,2,6-7,10,13-16H2,1H3,(H,23,25). The summed E-state index contributed by atoms with van der Waals surface area (Å²) in [6.07, 6.45) is 2.50. The molecule has 1 fully saturated rings. The number of carbonyl (C=O) groups is 2. The van der Waals surface area contributed by atoms with Gasteiger partial charge in [-0.1, -0.05) is 36.4 Å². The third-order valence-electron chi connectivity index (χ3n) is 5.07. The van der Waals surface area contributed by atoms with Crippen LogP contribution < -0.4 is 5.32 Å². The molecule has 27 heavy (non-hydrogen) atoms. The molecule has 0 spiro atoms. The van der Waals surface area contributed by atoms with Gasteiger partial charge in [0, 0.05) is 38.4 Å². The second kappa shape index (κ2) is 9.51. The molecule has 5 nitrogen and oxygen atoms in total. The van der Waals surface area contributed by atoms with Gasteiger partial charge >= 0.3 is 0 Å². The monoisotopic (exact) mass is 368 g/mol. The summed E-state index contributed by atoms with van der Waals surface area (Å²) in [5.74, 6) is -0.0765. The molecule has 0 aliphatic carbocycles. The third-order valence-corrected chi connectivity index (χ3v) is 5.07. The minimum atomic E-state index is -0.134. The highest BCUT2D eigenvalue weighted by atomic mass is 16.5. The van der Waals surface area contributed by atoms with Crippen LogP contribution in [0.3, 0.4) is 0 Å². The molecule has 1 unspecified atom stereocenters. The molecule has 144 valence electrons. The Morgan fingerprint density at radius 1 is 1.19 bits per heavy atom. The first kappa shape index (κ1) is 19.4. The fourth-order valence-electron chi connectivity index (χ4n) is 3.63. The number of nitrogens with one attached hydrogen (secondary N) is 1. The molecule has 0 bridgehead atoms. The van der Waals surface area contributed by atoms with E-state index in [1.807, 2.05) is 54.3 Å². The van der Waals surface area contributed by atoms with Crippen molar-refractivity contribution in [3.8, 4) is 0 Å². The lowest BCUT2D eigenvalue weighted by atomic mass is 9.95. The molecule has 1 heterocycles. The van der Waals surface area contributed by atoms with Crippen LogP contribution in [0, 0.1) is 5.92 Å². The summed E-state index contributed by atoms with van der Waals surface area (Å²) in [6.45, 7) is 5.12. The van der Waals surface area contributed by atoms with Gasteiger partial charge in [-0.3, -0.25) is 9.59 Å². The Kier molecular flexibility index (Phi) is 6.82. The number of amides is 2. The molecule has 0 radical (unpaired) electrons. The van der Waals surface area contributed by atoms with Crippen LogP contribution in [0.5, 0.6) is 0 Å². The lowest BCUT2D eigenvalue weighted by molar-refractivity contribution is -0.126. The van der Waals surface area contributed by atoms with Gasteiger partial charge in [0.15, 0.2) is 0 Å². The summed E-state index contributed by atoms with van der Waals surface area (Å²) < 4.78 is 5.29. The van der Waals surface area contributed by atoms with Crippen LogP contribution in [0.1, 0.15) is 36.5 Å². The molecular formula is C22H28N2O3. The van der Waals surface area contributed by atoms with Crippen molar-refractivity contribution in [1.82, 2.24) is 10.2 Å². The minimum absolute atomic E-state index is 0.0145. The Hall–Kier alpha value is -2.40. The smallest absolute Gasteiger partial charge is 0.254 e. The Morgan fingerprint density at radius 3 is 2.85 bits per heavy atom. The van der Waals surface area contributed by atoms with Gasteiger partial charge in [-0.15, -0.1) is 0 Å². The molecule has 1 aliphatic rings. The number of benzene rings is 2. The van der Waals surface area contributed by atoms with Gasteiger partial charge in [0.1, 0.15) is 0 Å². The second-order valence-corrected chi connectivity index (χ2v) is 6.96. The molecule has 2 aromatic rings. The van der Waals surface area contributed by atoms with Crippen LogP contribution in [-0.2, 0) is 9.53 Å². The Labute approximate surface area is 160 Å². The maximum absolute atomic E-state index is 13.1. The van der Waals surface area contributed by atoms with E-state index < -0.39 is 0 Å². The maximum Gasteiger partial charge on any atom is 0.254 e.